The first-order valence-corrected chi connectivity index (χ1v) is 10.4. The highest BCUT2D eigenvalue weighted by Crippen LogP contribution is 2.29. The number of sulfonamides is 1. The average molecular weight is 434 g/mol. The summed E-state index contributed by atoms with van der Waals surface area (Å²) in [5.74, 6) is -1.88. The average Bonchev–Trinajstić information content (AvgIpc) is 2.66. The van der Waals surface area contributed by atoms with E-state index < -0.39 is 21.7 Å². The number of aryl methyl sites for hydroxylation is 1. The van der Waals surface area contributed by atoms with Crippen LogP contribution in [0.15, 0.2) is 65.6 Å². The van der Waals surface area contributed by atoms with Crippen molar-refractivity contribution in [2.75, 3.05) is 0 Å². The van der Waals surface area contributed by atoms with Gasteiger partial charge >= 0.3 is 0 Å². The van der Waals surface area contributed by atoms with Crippen molar-refractivity contribution in [2.24, 2.45) is 0 Å². The number of nitrogens with one attached hydrogen (secondary N) is 1. The second-order valence-electron chi connectivity index (χ2n) is 6.33. The lowest BCUT2D eigenvalue weighted by atomic mass is 10.2. The van der Waals surface area contributed by atoms with Crippen LogP contribution in [0.5, 0.6) is 11.5 Å². The van der Waals surface area contributed by atoms with E-state index >= 15 is 0 Å². The van der Waals surface area contributed by atoms with Gasteiger partial charge in [-0.3, -0.25) is 4.79 Å². The van der Waals surface area contributed by atoms with Crippen LogP contribution < -0.4 is 9.46 Å². The van der Waals surface area contributed by atoms with E-state index in [1.54, 1.807) is 24.3 Å². The van der Waals surface area contributed by atoms with Gasteiger partial charge in [-0.1, -0.05) is 41.4 Å². The SMILES string of the molecule is Cc1ccc(Oc2c(F)cccc2C(=O)NS(=O)(=O)c2cccc(Cl)c2C)cc1. The van der Waals surface area contributed by atoms with Crippen LogP contribution in [0.3, 0.4) is 0 Å². The van der Waals surface area contributed by atoms with Gasteiger partial charge in [0.25, 0.3) is 15.9 Å². The zero-order valence-corrected chi connectivity index (χ0v) is 17.1. The van der Waals surface area contributed by atoms with Crippen LogP contribution in [-0.2, 0) is 10.0 Å². The Balaban J connectivity index is 1.94. The molecule has 0 aliphatic rings. The molecule has 1 amide bonds. The minimum absolute atomic E-state index is 0.143. The largest absolute Gasteiger partial charge is 0.453 e. The summed E-state index contributed by atoms with van der Waals surface area (Å²) >= 11 is 5.97. The van der Waals surface area contributed by atoms with E-state index in [2.05, 4.69) is 0 Å². The van der Waals surface area contributed by atoms with Gasteiger partial charge in [-0.2, -0.15) is 0 Å². The monoisotopic (exact) mass is 433 g/mol. The van der Waals surface area contributed by atoms with Crippen LogP contribution in [0, 0.1) is 19.7 Å². The van der Waals surface area contributed by atoms with E-state index in [1.165, 1.54) is 37.3 Å². The summed E-state index contributed by atoms with van der Waals surface area (Å²) in [7, 11) is -4.23. The van der Waals surface area contributed by atoms with Gasteiger partial charge in [-0.25, -0.2) is 17.5 Å². The van der Waals surface area contributed by atoms with E-state index in [0.717, 1.165) is 11.6 Å². The van der Waals surface area contributed by atoms with Crippen LogP contribution in [0.1, 0.15) is 21.5 Å². The molecule has 0 saturated heterocycles. The molecule has 0 saturated carbocycles. The summed E-state index contributed by atoms with van der Waals surface area (Å²) in [4.78, 5) is 12.5. The van der Waals surface area contributed by atoms with Crippen molar-refractivity contribution >= 4 is 27.5 Å². The van der Waals surface area contributed by atoms with Crippen molar-refractivity contribution in [2.45, 2.75) is 18.7 Å². The summed E-state index contributed by atoms with van der Waals surface area (Å²) in [5, 5.41) is 0.245. The topological polar surface area (TPSA) is 72.5 Å². The molecule has 1 N–H and O–H groups in total. The fourth-order valence-corrected chi connectivity index (χ4v) is 4.09. The fourth-order valence-electron chi connectivity index (χ4n) is 2.63. The highest BCUT2D eigenvalue weighted by Gasteiger charge is 2.25. The quantitative estimate of drug-likeness (QED) is 0.614. The first kappa shape index (κ1) is 20.8. The molecule has 0 aliphatic carbocycles. The molecule has 0 aliphatic heterocycles. The van der Waals surface area contributed by atoms with Crippen LogP contribution >= 0.6 is 11.6 Å². The van der Waals surface area contributed by atoms with E-state index in [0.29, 0.717) is 11.3 Å². The summed E-state index contributed by atoms with van der Waals surface area (Å²) < 4.78 is 47.2. The molecule has 150 valence electrons. The highest BCUT2D eigenvalue weighted by atomic mass is 35.5. The van der Waals surface area contributed by atoms with Gasteiger partial charge < -0.3 is 4.74 Å². The maximum Gasteiger partial charge on any atom is 0.268 e. The van der Waals surface area contributed by atoms with E-state index in [1.807, 2.05) is 11.6 Å². The van der Waals surface area contributed by atoms with E-state index in [9.17, 15) is 17.6 Å². The third kappa shape index (κ3) is 4.58. The van der Waals surface area contributed by atoms with Crippen LogP contribution in [-0.4, -0.2) is 14.3 Å². The predicted molar refractivity (Wildman–Crippen MR) is 108 cm³/mol. The minimum Gasteiger partial charge on any atom is -0.453 e. The Hall–Kier alpha value is -2.90. The van der Waals surface area contributed by atoms with Gasteiger partial charge in [0.2, 0.25) is 0 Å². The number of ether oxygens (including phenoxy) is 1. The summed E-state index contributed by atoms with van der Waals surface area (Å²) in [5.41, 5.74) is 1.02. The fraction of sp³-hybridized carbons (Fsp3) is 0.0952. The normalized spacial score (nSPS) is 11.2. The van der Waals surface area contributed by atoms with Gasteiger partial charge in [-0.15, -0.1) is 0 Å². The molecule has 3 rings (SSSR count). The van der Waals surface area contributed by atoms with Crippen molar-refractivity contribution in [3.63, 3.8) is 0 Å². The van der Waals surface area contributed by atoms with Gasteiger partial charge in [0.1, 0.15) is 5.75 Å². The first-order valence-electron chi connectivity index (χ1n) is 8.54. The Kier molecular flexibility index (Phi) is 5.91. The Morgan fingerprint density at radius 3 is 2.34 bits per heavy atom. The minimum atomic E-state index is -4.23. The molecule has 8 heteroatoms. The molecule has 0 atom stereocenters. The first-order chi connectivity index (χ1) is 13.7. The molecule has 29 heavy (non-hydrogen) atoms. The zero-order valence-electron chi connectivity index (χ0n) is 15.6. The molecule has 5 nitrogen and oxygen atoms in total. The number of halogens is 2. The highest BCUT2D eigenvalue weighted by molar-refractivity contribution is 7.90. The number of carbonyl (C=O) groups excluding carboxylic acids is 1. The Labute approximate surface area is 173 Å². The van der Waals surface area contributed by atoms with Crippen LogP contribution in [0.4, 0.5) is 4.39 Å². The van der Waals surface area contributed by atoms with Gasteiger partial charge in [-0.05, 0) is 55.8 Å². The second kappa shape index (κ2) is 8.23. The predicted octanol–water partition coefficient (Wildman–Crippen LogP) is 5.01. The lowest BCUT2D eigenvalue weighted by molar-refractivity contribution is 0.0978. The van der Waals surface area contributed by atoms with Crippen molar-refractivity contribution in [3.8, 4) is 11.5 Å². The molecule has 3 aromatic rings. The van der Waals surface area contributed by atoms with E-state index in [4.69, 9.17) is 16.3 Å². The summed E-state index contributed by atoms with van der Waals surface area (Å²) in [6, 6.07) is 14.8. The molecule has 0 heterocycles. The third-order valence-corrected chi connectivity index (χ3v) is 6.07. The summed E-state index contributed by atoms with van der Waals surface area (Å²) in [6.07, 6.45) is 0. The van der Waals surface area contributed by atoms with Crippen molar-refractivity contribution in [3.05, 3.63) is 88.2 Å². The van der Waals surface area contributed by atoms with Gasteiger partial charge in [0, 0.05) is 5.02 Å². The lowest BCUT2D eigenvalue weighted by Gasteiger charge is -2.14. The smallest absolute Gasteiger partial charge is 0.268 e. The maximum atomic E-state index is 14.4. The molecule has 0 aromatic heterocycles. The maximum absolute atomic E-state index is 14.4. The molecule has 0 bridgehead atoms. The lowest BCUT2D eigenvalue weighted by Crippen LogP contribution is -2.31. The number of hydrogen-bond donors (Lipinski definition) is 1. The standard InChI is InChI=1S/C21H17ClFNO4S/c1-13-9-11-15(12-10-13)28-20-16(5-3-7-18(20)23)21(25)24-29(26,27)19-8-4-6-17(22)14(19)2/h3-12H,1-2H3,(H,24,25). The zero-order chi connectivity index (χ0) is 21.2. The van der Waals surface area contributed by atoms with Crippen molar-refractivity contribution < 1.29 is 22.3 Å². The number of hydrogen-bond acceptors (Lipinski definition) is 4. The Bertz CT molecular complexity index is 1180. The van der Waals surface area contributed by atoms with Gasteiger partial charge in [0.15, 0.2) is 11.6 Å². The number of rotatable bonds is 5. The number of para-hydroxylation sites is 1. The Morgan fingerprint density at radius 2 is 1.66 bits per heavy atom. The molecule has 0 unspecified atom stereocenters. The van der Waals surface area contributed by atoms with Crippen LogP contribution in [0.25, 0.3) is 0 Å². The van der Waals surface area contributed by atoms with Gasteiger partial charge in [0.05, 0.1) is 10.5 Å². The molecule has 0 radical (unpaired) electrons. The molecular weight excluding hydrogens is 417 g/mol. The number of benzene rings is 3. The van der Waals surface area contributed by atoms with Crippen LogP contribution in [0.2, 0.25) is 5.02 Å². The molecule has 0 spiro atoms. The van der Waals surface area contributed by atoms with Crippen molar-refractivity contribution in [1.29, 1.82) is 0 Å². The Morgan fingerprint density at radius 1 is 1.00 bits per heavy atom. The van der Waals surface area contributed by atoms with E-state index in [-0.39, 0.29) is 21.2 Å². The molecule has 3 aromatic carbocycles. The summed E-state index contributed by atoms with van der Waals surface area (Å²) in [6.45, 7) is 3.41. The van der Waals surface area contributed by atoms with Crippen molar-refractivity contribution in [1.82, 2.24) is 4.72 Å². The number of amides is 1. The third-order valence-electron chi connectivity index (χ3n) is 4.19. The molecule has 0 fully saturated rings. The molecular formula is C21H17ClFNO4S. The number of carbonyl (C=O) groups is 1. The second-order valence-corrected chi connectivity index (χ2v) is 8.39.